The molecule has 0 aromatic heterocycles. The van der Waals surface area contributed by atoms with Gasteiger partial charge in [-0.2, -0.15) is 0 Å². The van der Waals surface area contributed by atoms with Crippen LogP contribution in [-0.4, -0.2) is 28.7 Å². The maximum absolute atomic E-state index is 10.7. The molecule has 550 valence electrons. The Morgan fingerprint density at radius 1 is 0.490 bits per heavy atom. The maximum Gasteiger partial charge on any atom is 0.120 e. The molecule has 3 nitrogen and oxygen atoms in total. The van der Waals surface area contributed by atoms with Crippen molar-refractivity contribution in [3.8, 4) is 0 Å². The molecule has 24 unspecified atom stereocenters. The van der Waals surface area contributed by atoms with Gasteiger partial charge in [0.05, 0.1) is 12.2 Å². The number of rotatable bonds is 9. The van der Waals surface area contributed by atoms with Gasteiger partial charge in [-0.3, -0.25) is 0 Å². The van der Waals surface area contributed by atoms with Gasteiger partial charge in [0, 0.05) is 11.8 Å². The predicted octanol–water partition coefficient (Wildman–Crippen LogP) is 26.3. The van der Waals surface area contributed by atoms with Gasteiger partial charge >= 0.3 is 0 Å². The van der Waals surface area contributed by atoms with Crippen molar-refractivity contribution in [3.63, 3.8) is 0 Å². The minimum absolute atomic E-state index is 0.0102. The van der Waals surface area contributed by atoms with E-state index in [1.54, 1.807) is 28.7 Å². The molecule has 0 radical (unpaired) electrons. The largest absolute Gasteiger partial charge is 0.393 e. The smallest absolute Gasteiger partial charge is 0.120 e. The molecule has 0 amide bonds. The molecule has 0 heterocycles. The summed E-state index contributed by atoms with van der Waals surface area (Å²) >= 11 is 0. The summed E-state index contributed by atoms with van der Waals surface area (Å²) in [6, 6.07) is 0. The summed E-state index contributed by atoms with van der Waals surface area (Å²) in [6.07, 6.45) is 72.0. The summed E-state index contributed by atoms with van der Waals surface area (Å²) < 4.78 is 0. The Hall–Kier alpha value is -2.23. The third-order valence-corrected chi connectivity index (χ3v) is 34.8. The number of hydrogen-bond acceptors (Lipinski definition) is 3. The van der Waals surface area contributed by atoms with E-state index in [0.29, 0.717) is 50.2 Å². The van der Waals surface area contributed by atoms with Crippen molar-refractivity contribution in [1.82, 2.24) is 0 Å². The lowest BCUT2D eigenvalue weighted by Crippen LogP contribution is -2.32. The van der Waals surface area contributed by atoms with Gasteiger partial charge in [0.15, 0.2) is 0 Å². The Morgan fingerprint density at radius 3 is 1.74 bits per heavy atom. The molecule has 16 saturated carbocycles. The zero-order valence-corrected chi connectivity index (χ0v) is 65.5. The van der Waals surface area contributed by atoms with Crippen LogP contribution in [0.2, 0.25) is 0 Å². The standard InChI is InChI=1S/C17H26O.2C15H24O.C13H20.C13H22.2C11H18/c1-17(10-13-4-2-3-5-13)11-15-8-14(6-7-18)9-16(15)12-17;1-10-5-3-8-13(10)15(2)9-11-6-4-7-12(11)14(15)16;1-15(11-5-3-2-4-6-11)10-9-12-13(15)7-8-14(12)16;1-3-13(2)8-9-7-12(13)11-6-4-5-10(9)11;1-9(2)13(4)8-10(3)11-6-5-7-12(11)13;1-3-11(2)7-9-5-4-6-10(9)8-11;1-3-11(2)8-7-9-5-4-6-10(9)11/h7,10,14-16H,2-6,8-9,11-12H2,1H3;11-12,14,16H,3-9H2,1-2H3;5,12-14,16H,2-4,6-10H2,1H3;3,9-12H,1,4-8H2,2H3;10-12H,1,5-8H2,2-4H3;2*3,9-10H,1,4-8H2,2H3. The van der Waals surface area contributed by atoms with Gasteiger partial charge in [0.2, 0.25) is 0 Å². The Labute approximate surface area is 604 Å². The summed E-state index contributed by atoms with van der Waals surface area (Å²) in [6.45, 7) is 40.1. The zero-order chi connectivity index (χ0) is 69.6. The van der Waals surface area contributed by atoms with E-state index >= 15 is 0 Å². The van der Waals surface area contributed by atoms with Gasteiger partial charge in [-0.15, -0.1) is 19.7 Å². The summed E-state index contributed by atoms with van der Waals surface area (Å²) in [5.41, 5.74) is 11.2. The zero-order valence-electron chi connectivity index (χ0n) is 65.5. The number of carbonyl (C=O) groups is 1. The first-order valence-electron chi connectivity index (χ1n) is 43.3. The monoisotopic (exact) mass is 1340 g/mol. The summed E-state index contributed by atoms with van der Waals surface area (Å²) in [7, 11) is 0. The van der Waals surface area contributed by atoms with Crippen LogP contribution in [0.3, 0.4) is 0 Å². The lowest BCUT2D eigenvalue weighted by Gasteiger charge is -2.38. The molecule has 16 fully saturated rings. The molecular formula is C95H152O3. The average molecular weight is 1340 g/mol. The minimum Gasteiger partial charge on any atom is -0.393 e. The number of aliphatic hydroxyl groups excluding tert-OH is 2. The maximum atomic E-state index is 10.7. The molecule has 0 saturated heterocycles. The summed E-state index contributed by atoms with van der Waals surface area (Å²) in [5.74, 6) is 16.7. The number of allylic oxidation sites excluding steroid dienone is 9. The molecule has 2 bridgehead atoms. The Kier molecular flexibility index (Phi) is 23.9. The molecule has 24 atom stereocenters. The van der Waals surface area contributed by atoms with Crippen LogP contribution in [-0.2, 0) is 4.79 Å². The van der Waals surface area contributed by atoms with E-state index < -0.39 is 0 Å². The quantitative estimate of drug-likeness (QED) is 0.179. The van der Waals surface area contributed by atoms with Crippen LogP contribution in [0.1, 0.15) is 345 Å². The van der Waals surface area contributed by atoms with Crippen LogP contribution in [0.25, 0.3) is 0 Å². The van der Waals surface area contributed by atoms with Gasteiger partial charge in [-0.25, -0.2) is 0 Å². The van der Waals surface area contributed by atoms with Crippen LogP contribution in [0.5, 0.6) is 0 Å². The molecule has 18 aliphatic rings. The number of fused-ring (bicyclic) bond motifs is 11. The second kappa shape index (κ2) is 31.1. The third kappa shape index (κ3) is 15.3. The van der Waals surface area contributed by atoms with E-state index in [0.717, 1.165) is 108 Å². The van der Waals surface area contributed by atoms with Crippen LogP contribution in [0.4, 0.5) is 0 Å². The van der Waals surface area contributed by atoms with Crippen molar-refractivity contribution in [2.75, 3.05) is 0 Å². The Bertz CT molecular complexity index is 2830. The normalized spacial score (nSPS) is 48.9. The summed E-state index contributed by atoms with van der Waals surface area (Å²) in [4.78, 5) is 10.6. The molecule has 98 heavy (non-hydrogen) atoms. The molecule has 18 aliphatic carbocycles. The third-order valence-electron chi connectivity index (χ3n) is 34.8. The average Bonchev–Trinajstić information content (AvgIpc) is 1.58. The topological polar surface area (TPSA) is 57.5 Å². The van der Waals surface area contributed by atoms with Crippen molar-refractivity contribution >= 4 is 6.29 Å². The minimum atomic E-state index is -0.0527. The number of hydrogen-bond donors (Lipinski definition) is 2. The Morgan fingerprint density at radius 2 is 1.10 bits per heavy atom. The first-order chi connectivity index (χ1) is 46.8. The molecule has 3 heteroatoms. The molecule has 0 spiro atoms. The van der Waals surface area contributed by atoms with Crippen LogP contribution in [0, 0.1) is 144 Å². The molecule has 2 N–H and O–H groups in total. The van der Waals surface area contributed by atoms with E-state index in [-0.39, 0.29) is 17.6 Å². The fraction of sp³-hybridized carbons (Fsp3) is 0.842. The number of carbonyl (C=O) groups excluding carboxylic acids is 1. The first-order valence-corrected chi connectivity index (χ1v) is 43.3. The van der Waals surface area contributed by atoms with Gasteiger partial charge in [-0.1, -0.05) is 178 Å². The number of aliphatic hydroxyl groups is 2. The van der Waals surface area contributed by atoms with E-state index in [1.165, 1.54) is 262 Å². The van der Waals surface area contributed by atoms with Crippen molar-refractivity contribution in [2.24, 2.45) is 144 Å². The van der Waals surface area contributed by atoms with Crippen molar-refractivity contribution in [2.45, 2.75) is 358 Å². The van der Waals surface area contributed by atoms with Crippen molar-refractivity contribution in [1.29, 1.82) is 0 Å². The van der Waals surface area contributed by atoms with Gasteiger partial charge < -0.3 is 15.0 Å². The SMILES string of the molecule is C=C(C)C1(C)CC(C)C2CCCC21.C=CC1(C)CC2CC1C1CCCC21.C=CC1(C)CC2CCCC2C1.C=CC1(C)CCC2CCCC21.CC1(C2=CCCCC2)CCC2C(O)CCC21.CC1(C=C2CCCC2)CC2CC(CC=O)CC2C1.CC1=C(C2(C)CC3CCCC3C2O)CCC1. The highest BCUT2D eigenvalue weighted by Crippen LogP contribution is 2.67. The highest BCUT2D eigenvalue weighted by Gasteiger charge is 2.59. The highest BCUT2D eigenvalue weighted by atomic mass is 16.3. The lowest BCUT2D eigenvalue weighted by atomic mass is 9.67. The van der Waals surface area contributed by atoms with E-state index in [9.17, 15) is 15.0 Å². The van der Waals surface area contributed by atoms with E-state index in [1.807, 2.05) is 0 Å². The fourth-order valence-corrected chi connectivity index (χ4v) is 29.4. The highest BCUT2D eigenvalue weighted by molar-refractivity contribution is 5.49. The second-order valence-corrected chi connectivity index (χ2v) is 40.8. The van der Waals surface area contributed by atoms with Gasteiger partial charge in [0.25, 0.3) is 0 Å². The van der Waals surface area contributed by atoms with Crippen LogP contribution in [0.15, 0.2) is 84.6 Å². The van der Waals surface area contributed by atoms with Crippen molar-refractivity contribution < 1.29 is 15.0 Å². The first kappa shape index (κ1) is 75.5. The predicted molar refractivity (Wildman–Crippen MR) is 416 cm³/mol. The molecule has 0 aromatic carbocycles. The lowest BCUT2D eigenvalue weighted by molar-refractivity contribution is -0.108. The Balaban J connectivity index is 0.000000110. The van der Waals surface area contributed by atoms with Crippen LogP contribution < -0.4 is 0 Å². The van der Waals surface area contributed by atoms with Gasteiger partial charge in [0.1, 0.15) is 6.29 Å². The fourth-order valence-electron chi connectivity index (χ4n) is 29.4. The molecular weight excluding hydrogens is 1190 g/mol. The van der Waals surface area contributed by atoms with E-state index in [4.69, 9.17) is 0 Å². The molecule has 0 aliphatic heterocycles. The van der Waals surface area contributed by atoms with Crippen molar-refractivity contribution in [3.05, 3.63) is 84.6 Å². The van der Waals surface area contributed by atoms with E-state index in [2.05, 4.69) is 126 Å². The molecule has 0 aromatic rings. The second-order valence-electron chi connectivity index (χ2n) is 40.8. The van der Waals surface area contributed by atoms with Gasteiger partial charge in [-0.05, 0) is 365 Å². The molecule has 18 rings (SSSR count). The summed E-state index contributed by atoms with van der Waals surface area (Å²) in [5, 5.41) is 20.7. The number of aldehydes is 1. The van der Waals surface area contributed by atoms with Crippen LogP contribution >= 0.6 is 0 Å².